The van der Waals surface area contributed by atoms with Crippen LogP contribution >= 0.6 is 27.5 Å². The molecule has 0 aliphatic carbocycles. The van der Waals surface area contributed by atoms with Crippen LogP contribution in [0.25, 0.3) is 0 Å². The Morgan fingerprint density at radius 1 is 1.33 bits per heavy atom. The van der Waals surface area contributed by atoms with Gasteiger partial charge in [-0.1, -0.05) is 17.7 Å². The van der Waals surface area contributed by atoms with Crippen LogP contribution < -0.4 is 5.32 Å². The van der Waals surface area contributed by atoms with Gasteiger partial charge in [-0.15, -0.1) is 0 Å². The number of hydrogen-bond donors (Lipinski definition) is 1. The van der Waals surface area contributed by atoms with Gasteiger partial charge in [0.05, 0.1) is 11.7 Å². The number of aromatic nitrogens is 1. The second-order valence-corrected chi connectivity index (χ2v) is 5.14. The van der Waals surface area contributed by atoms with Crippen molar-refractivity contribution in [1.29, 1.82) is 0 Å². The molecule has 0 radical (unpaired) electrons. The molecule has 0 saturated carbocycles. The molecule has 5 heteroatoms. The van der Waals surface area contributed by atoms with E-state index >= 15 is 0 Å². The topological polar surface area (TPSA) is 24.9 Å². The van der Waals surface area contributed by atoms with Gasteiger partial charge in [-0.2, -0.15) is 0 Å². The van der Waals surface area contributed by atoms with Crippen molar-refractivity contribution in [2.75, 3.05) is 7.05 Å². The molecule has 1 unspecified atom stereocenters. The van der Waals surface area contributed by atoms with Gasteiger partial charge in [0.2, 0.25) is 0 Å². The first-order valence-corrected chi connectivity index (χ1v) is 6.52. The minimum atomic E-state index is -0.341. The molecule has 2 rings (SSSR count). The van der Waals surface area contributed by atoms with Gasteiger partial charge >= 0.3 is 0 Å². The van der Waals surface area contributed by atoms with Crippen molar-refractivity contribution in [3.8, 4) is 0 Å². The molecule has 0 fully saturated rings. The molecule has 2 nitrogen and oxygen atoms in total. The molecular weight excluding hydrogens is 319 g/mol. The molecule has 1 atom stereocenters. The summed E-state index contributed by atoms with van der Waals surface area (Å²) in [4.78, 5) is 4.28. The van der Waals surface area contributed by atoms with Gasteiger partial charge in [0, 0.05) is 21.3 Å². The number of rotatable bonds is 3. The lowest BCUT2D eigenvalue weighted by Gasteiger charge is -2.17. The Morgan fingerprint density at radius 3 is 2.67 bits per heavy atom. The predicted molar refractivity (Wildman–Crippen MR) is 74.2 cm³/mol. The lowest BCUT2D eigenvalue weighted by Crippen LogP contribution is -2.20. The van der Waals surface area contributed by atoms with E-state index in [2.05, 4.69) is 26.2 Å². The molecule has 1 aromatic heterocycles. The fraction of sp³-hybridized carbons (Fsp3) is 0.154. The highest BCUT2D eigenvalue weighted by Crippen LogP contribution is 2.25. The maximum Gasteiger partial charge on any atom is 0.129 e. The number of nitrogens with zero attached hydrogens (tertiary/aromatic N) is 1. The summed E-state index contributed by atoms with van der Waals surface area (Å²) in [5, 5.41) is 3.44. The zero-order valence-electron chi connectivity index (χ0n) is 9.62. The van der Waals surface area contributed by atoms with Crippen molar-refractivity contribution >= 4 is 27.5 Å². The van der Waals surface area contributed by atoms with Gasteiger partial charge in [-0.25, -0.2) is 4.39 Å². The van der Waals surface area contributed by atoms with Gasteiger partial charge in [-0.05, 0) is 47.2 Å². The molecule has 0 bridgehead atoms. The third kappa shape index (κ3) is 2.88. The third-order valence-electron chi connectivity index (χ3n) is 2.61. The minimum Gasteiger partial charge on any atom is -0.308 e. The zero-order chi connectivity index (χ0) is 13.1. The summed E-state index contributed by atoms with van der Waals surface area (Å²) in [5.74, 6) is -0.341. The lowest BCUT2D eigenvalue weighted by atomic mass is 10.0. The van der Waals surface area contributed by atoms with Gasteiger partial charge in [0.1, 0.15) is 5.82 Å². The van der Waals surface area contributed by atoms with Crippen molar-refractivity contribution in [2.45, 2.75) is 6.04 Å². The SMILES string of the molecule is CNC(c1ccc(Br)cn1)c1ccc(Cl)cc1F. The molecule has 1 N–H and O–H groups in total. The number of nitrogens with one attached hydrogen (secondary N) is 1. The predicted octanol–water partition coefficient (Wildman–Crippen LogP) is 3.95. The van der Waals surface area contributed by atoms with E-state index in [4.69, 9.17) is 11.6 Å². The molecule has 0 aliphatic heterocycles. The molecule has 94 valence electrons. The Labute approximate surface area is 118 Å². The van der Waals surface area contributed by atoms with E-state index in [0.717, 1.165) is 10.2 Å². The highest BCUT2D eigenvalue weighted by molar-refractivity contribution is 9.10. The molecule has 0 aliphatic rings. The van der Waals surface area contributed by atoms with Crippen LogP contribution in [-0.2, 0) is 0 Å². The van der Waals surface area contributed by atoms with Gasteiger partial charge in [0.15, 0.2) is 0 Å². The Kier molecular flexibility index (Phi) is 4.32. The molecule has 0 amide bonds. The van der Waals surface area contributed by atoms with Crippen molar-refractivity contribution in [2.24, 2.45) is 0 Å². The largest absolute Gasteiger partial charge is 0.308 e. The summed E-state index contributed by atoms with van der Waals surface area (Å²) in [6.07, 6.45) is 1.69. The Balaban J connectivity index is 2.41. The Hall–Kier alpha value is -0.970. The number of pyridine rings is 1. The van der Waals surface area contributed by atoms with E-state index in [9.17, 15) is 4.39 Å². The summed E-state index contributed by atoms with van der Waals surface area (Å²) in [5.41, 5.74) is 1.28. The third-order valence-corrected chi connectivity index (χ3v) is 3.31. The fourth-order valence-corrected chi connectivity index (χ4v) is 2.15. The summed E-state index contributed by atoms with van der Waals surface area (Å²) in [6.45, 7) is 0. The number of hydrogen-bond acceptors (Lipinski definition) is 2. The highest BCUT2D eigenvalue weighted by Gasteiger charge is 2.17. The number of benzene rings is 1. The van der Waals surface area contributed by atoms with Gasteiger partial charge in [0.25, 0.3) is 0 Å². The normalized spacial score (nSPS) is 12.4. The smallest absolute Gasteiger partial charge is 0.129 e. The van der Waals surface area contributed by atoms with E-state index < -0.39 is 0 Å². The minimum absolute atomic E-state index is 0.296. The lowest BCUT2D eigenvalue weighted by molar-refractivity contribution is 0.570. The first kappa shape index (κ1) is 13.5. The van der Waals surface area contributed by atoms with E-state index in [1.54, 1.807) is 25.4 Å². The van der Waals surface area contributed by atoms with Crippen LogP contribution in [0.5, 0.6) is 0 Å². The fourth-order valence-electron chi connectivity index (χ4n) is 1.76. The van der Waals surface area contributed by atoms with Crippen molar-refractivity contribution in [3.05, 3.63) is 63.1 Å². The summed E-state index contributed by atoms with van der Waals surface area (Å²) in [7, 11) is 1.77. The molecule has 1 aromatic carbocycles. The Bertz CT molecular complexity index is 545. The maximum atomic E-state index is 13.9. The summed E-state index contributed by atoms with van der Waals surface area (Å²) in [6, 6.07) is 8.07. The molecule has 0 spiro atoms. The van der Waals surface area contributed by atoms with E-state index in [1.807, 2.05) is 12.1 Å². The number of halogens is 3. The highest BCUT2D eigenvalue weighted by atomic mass is 79.9. The average Bonchev–Trinajstić information content (AvgIpc) is 2.35. The average molecular weight is 330 g/mol. The van der Waals surface area contributed by atoms with Gasteiger partial charge in [-0.3, -0.25) is 4.98 Å². The molecule has 0 saturated heterocycles. The van der Waals surface area contributed by atoms with Crippen LogP contribution in [0.1, 0.15) is 17.3 Å². The van der Waals surface area contributed by atoms with E-state index in [1.165, 1.54) is 6.07 Å². The quantitative estimate of drug-likeness (QED) is 0.922. The van der Waals surface area contributed by atoms with Crippen LogP contribution in [0, 0.1) is 5.82 Å². The molecular formula is C13H11BrClFN2. The monoisotopic (exact) mass is 328 g/mol. The summed E-state index contributed by atoms with van der Waals surface area (Å²) < 4.78 is 14.8. The first-order chi connectivity index (χ1) is 8.61. The van der Waals surface area contributed by atoms with Crippen LogP contribution in [-0.4, -0.2) is 12.0 Å². The van der Waals surface area contributed by atoms with Crippen LogP contribution in [0.4, 0.5) is 4.39 Å². The molecule has 1 heterocycles. The van der Waals surface area contributed by atoms with Gasteiger partial charge < -0.3 is 5.32 Å². The van der Waals surface area contributed by atoms with Crippen LogP contribution in [0.2, 0.25) is 5.02 Å². The van der Waals surface area contributed by atoms with Crippen molar-refractivity contribution < 1.29 is 4.39 Å². The first-order valence-electron chi connectivity index (χ1n) is 5.35. The Morgan fingerprint density at radius 2 is 2.11 bits per heavy atom. The zero-order valence-corrected chi connectivity index (χ0v) is 12.0. The molecule has 18 heavy (non-hydrogen) atoms. The standard InChI is InChI=1S/C13H11BrClFN2/c1-17-13(12-5-2-8(14)7-18-12)10-4-3-9(15)6-11(10)16/h2-7,13,17H,1H3. The van der Waals surface area contributed by atoms with Crippen molar-refractivity contribution in [3.63, 3.8) is 0 Å². The van der Waals surface area contributed by atoms with E-state index in [-0.39, 0.29) is 11.9 Å². The second-order valence-electron chi connectivity index (χ2n) is 3.79. The second kappa shape index (κ2) is 5.78. The molecule has 2 aromatic rings. The van der Waals surface area contributed by atoms with Crippen LogP contribution in [0.3, 0.4) is 0 Å². The van der Waals surface area contributed by atoms with Crippen LogP contribution in [0.15, 0.2) is 41.0 Å². The van der Waals surface area contributed by atoms with E-state index in [0.29, 0.717) is 10.6 Å². The van der Waals surface area contributed by atoms with Crippen molar-refractivity contribution in [1.82, 2.24) is 10.3 Å². The maximum absolute atomic E-state index is 13.9. The summed E-state index contributed by atoms with van der Waals surface area (Å²) >= 11 is 9.07.